The molecule has 0 aromatic carbocycles. The molecule has 3 heteroatoms. The van der Waals surface area contributed by atoms with Crippen molar-refractivity contribution in [1.82, 2.24) is 5.32 Å². The zero-order chi connectivity index (χ0) is 11.3. The second-order valence-electron chi connectivity index (χ2n) is 5.08. The number of methoxy groups -OCH3 is 1. The number of nitrogens with one attached hydrogen (secondary N) is 1. The van der Waals surface area contributed by atoms with Crippen LogP contribution in [0.15, 0.2) is 0 Å². The molecule has 1 aliphatic heterocycles. The first kappa shape index (κ1) is 12.9. The second-order valence-corrected chi connectivity index (χ2v) is 5.08. The van der Waals surface area contributed by atoms with Crippen molar-refractivity contribution in [1.29, 1.82) is 0 Å². The summed E-state index contributed by atoms with van der Waals surface area (Å²) in [5.41, 5.74) is -0.0150. The lowest BCUT2D eigenvalue weighted by Crippen LogP contribution is -2.37. The Morgan fingerprint density at radius 2 is 2.27 bits per heavy atom. The number of ether oxygens (including phenoxy) is 2. The molecule has 1 heterocycles. The third kappa shape index (κ3) is 4.49. The molecular formula is C12H25NO2. The molecule has 1 fully saturated rings. The summed E-state index contributed by atoms with van der Waals surface area (Å²) in [6.45, 7) is 9.36. The van der Waals surface area contributed by atoms with E-state index in [1.165, 1.54) is 6.42 Å². The smallest absolute Gasteiger partial charge is 0.0634 e. The van der Waals surface area contributed by atoms with Gasteiger partial charge in [-0.05, 0) is 46.1 Å². The van der Waals surface area contributed by atoms with Crippen LogP contribution >= 0.6 is 0 Å². The molecule has 0 radical (unpaired) electrons. The van der Waals surface area contributed by atoms with Crippen LogP contribution in [0.3, 0.4) is 0 Å². The van der Waals surface area contributed by atoms with Crippen LogP contribution in [0.4, 0.5) is 0 Å². The first-order chi connectivity index (χ1) is 7.05. The third-order valence-corrected chi connectivity index (χ3v) is 3.42. The fourth-order valence-electron chi connectivity index (χ4n) is 1.82. The van der Waals surface area contributed by atoms with Gasteiger partial charge in [-0.1, -0.05) is 0 Å². The van der Waals surface area contributed by atoms with Crippen LogP contribution in [-0.4, -0.2) is 38.5 Å². The quantitative estimate of drug-likeness (QED) is 0.733. The lowest BCUT2D eigenvalue weighted by atomic mass is 9.99. The van der Waals surface area contributed by atoms with Gasteiger partial charge in [0.2, 0.25) is 0 Å². The highest BCUT2D eigenvalue weighted by molar-refractivity contribution is 4.77. The average Bonchev–Trinajstić information content (AvgIpc) is 2.70. The largest absolute Gasteiger partial charge is 0.381 e. The minimum Gasteiger partial charge on any atom is -0.381 e. The Morgan fingerprint density at radius 3 is 2.80 bits per heavy atom. The summed E-state index contributed by atoms with van der Waals surface area (Å²) in [5, 5.41) is 3.55. The summed E-state index contributed by atoms with van der Waals surface area (Å²) in [4.78, 5) is 0. The lowest BCUT2D eigenvalue weighted by molar-refractivity contribution is 0.0150. The van der Waals surface area contributed by atoms with Gasteiger partial charge < -0.3 is 14.8 Å². The molecule has 1 N–H and O–H groups in total. The monoisotopic (exact) mass is 215 g/mol. The second kappa shape index (κ2) is 5.83. The molecule has 90 valence electrons. The number of hydrogen-bond donors (Lipinski definition) is 1. The molecule has 2 unspecified atom stereocenters. The van der Waals surface area contributed by atoms with Crippen molar-refractivity contribution in [2.45, 2.75) is 45.3 Å². The van der Waals surface area contributed by atoms with Crippen LogP contribution in [0.5, 0.6) is 0 Å². The zero-order valence-corrected chi connectivity index (χ0v) is 10.5. The molecule has 1 saturated heterocycles. The SMILES string of the molecule is COC(C)(C)CCNC(C)C1CCOC1. The molecule has 15 heavy (non-hydrogen) atoms. The van der Waals surface area contributed by atoms with Crippen molar-refractivity contribution in [3.05, 3.63) is 0 Å². The van der Waals surface area contributed by atoms with Crippen LogP contribution in [0, 0.1) is 5.92 Å². The van der Waals surface area contributed by atoms with Gasteiger partial charge in [0.05, 0.1) is 12.2 Å². The van der Waals surface area contributed by atoms with Crippen molar-refractivity contribution in [3.8, 4) is 0 Å². The minimum atomic E-state index is -0.0150. The fourth-order valence-corrected chi connectivity index (χ4v) is 1.82. The molecule has 3 nitrogen and oxygen atoms in total. The van der Waals surface area contributed by atoms with Crippen molar-refractivity contribution in [2.75, 3.05) is 26.9 Å². The summed E-state index contributed by atoms with van der Waals surface area (Å²) in [6, 6.07) is 0.556. The molecule has 0 aliphatic carbocycles. The Bertz CT molecular complexity index is 176. The van der Waals surface area contributed by atoms with Gasteiger partial charge in [0.15, 0.2) is 0 Å². The van der Waals surface area contributed by atoms with E-state index in [1.54, 1.807) is 7.11 Å². The Labute approximate surface area is 93.5 Å². The van der Waals surface area contributed by atoms with Gasteiger partial charge in [-0.25, -0.2) is 0 Å². The van der Waals surface area contributed by atoms with E-state index >= 15 is 0 Å². The fraction of sp³-hybridized carbons (Fsp3) is 1.00. The molecule has 0 bridgehead atoms. The highest BCUT2D eigenvalue weighted by atomic mass is 16.5. The Kier molecular flexibility index (Phi) is 5.03. The molecule has 0 amide bonds. The summed E-state index contributed by atoms with van der Waals surface area (Å²) in [6.07, 6.45) is 2.24. The van der Waals surface area contributed by atoms with Gasteiger partial charge >= 0.3 is 0 Å². The van der Waals surface area contributed by atoms with Crippen LogP contribution in [0.1, 0.15) is 33.6 Å². The maximum Gasteiger partial charge on any atom is 0.0634 e. The summed E-state index contributed by atoms with van der Waals surface area (Å²) >= 11 is 0. The summed E-state index contributed by atoms with van der Waals surface area (Å²) in [5.74, 6) is 0.690. The maximum atomic E-state index is 5.38. The maximum absolute atomic E-state index is 5.38. The van der Waals surface area contributed by atoms with Gasteiger partial charge in [-0.2, -0.15) is 0 Å². The van der Waals surface area contributed by atoms with Gasteiger partial charge in [0.25, 0.3) is 0 Å². The van der Waals surface area contributed by atoms with Crippen LogP contribution in [0.25, 0.3) is 0 Å². The lowest BCUT2D eigenvalue weighted by Gasteiger charge is -2.25. The van der Waals surface area contributed by atoms with E-state index in [-0.39, 0.29) is 5.60 Å². The van der Waals surface area contributed by atoms with Crippen LogP contribution < -0.4 is 5.32 Å². The van der Waals surface area contributed by atoms with E-state index in [4.69, 9.17) is 9.47 Å². The van der Waals surface area contributed by atoms with Crippen LogP contribution in [0.2, 0.25) is 0 Å². The highest BCUT2D eigenvalue weighted by Crippen LogP contribution is 2.17. The van der Waals surface area contributed by atoms with E-state index in [0.717, 1.165) is 26.2 Å². The van der Waals surface area contributed by atoms with E-state index in [1.807, 2.05) is 0 Å². The molecule has 0 aromatic heterocycles. The van der Waals surface area contributed by atoms with Crippen molar-refractivity contribution in [3.63, 3.8) is 0 Å². The molecule has 0 aromatic rings. The molecule has 0 saturated carbocycles. The van der Waals surface area contributed by atoms with Gasteiger partial charge in [-0.3, -0.25) is 0 Å². The molecule has 1 rings (SSSR count). The predicted octanol–water partition coefficient (Wildman–Crippen LogP) is 1.82. The Hall–Kier alpha value is -0.120. The molecular weight excluding hydrogens is 190 g/mol. The van der Waals surface area contributed by atoms with Crippen LogP contribution in [-0.2, 0) is 9.47 Å². The van der Waals surface area contributed by atoms with Crippen molar-refractivity contribution < 1.29 is 9.47 Å². The highest BCUT2D eigenvalue weighted by Gasteiger charge is 2.22. The Morgan fingerprint density at radius 1 is 1.53 bits per heavy atom. The normalized spacial score (nSPS) is 24.4. The van der Waals surface area contributed by atoms with E-state index < -0.39 is 0 Å². The van der Waals surface area contributed by atoms with Gasteiger partial charge in [0, 0.05) is 19.8 Å². The van der Waals surface area contributed by atoms with Gasteiger partial charge in [-0.15, -0.1) is 0 Å². The summed E-state index contributed by atoms with van der Waals surface area (Å²) in [7, 11) is 1.77. The van der Waals surface area contributed by atoms with Crippen molar-refractivity contribution in [2.24, 2.45) is 5.92 Å². The number of hydrogen-bond acceptors (Lipinski definition) is 3. The topological polar surface area (TPSA) is 30.5 Å². The minimum absolute atomic E-state index is 0.0150. The standard InChI is InChI=1S/C12H25NO2/c1-10(11-5-8-15-9-11)13-7-6-12(2,3)14-4/h10-11,13H,5-9H2,1-4H3. The predicted molar refractivity (Wildman–Crippen MR) is 62.1 cm³/mol. The molecule has 2 atom stereocenters. The Balaban J connectivity index is 2.13. The van der Waals surface area contributed by atoms with E-state index in [0.29, 0.717) is 12.0 Å². The van der Waals surface area contributed by atoms with Gasteiger partial charge in [0.1, 0.15) is 0 Å². The summed E-state index contributed by atoms with van der Waals surface area (Å²) < 4.78 is 10.8. The number of rotatable bonds is 6. The van der Waals surface area contributed by atoms with E-state index in [2.05, 4.69) is 26.1 Å². The van der Waals surface area contributed by atoms with Crippen molar-refractivity contribution >= 4 is 0 Å². The molecule has 0 spiro atoms. The zero-order valence-electron chi connectivity index (χ0n) is 10.5. The first-order valence-electron chi connectivity index (χ1n) is 5.91. The third-order valence-electron chi connectivity index (χ3n) is 3.42. The average molecular weight is 215 g/mol. The molecule has 1 aliphatic rings. The van der Waals surface area contributed by atoms with E-state index in [9.17, 15) is 0 Å². The first-order valence-corrected chi connectivity index (χ1v) is 5.91.